The molecule has 0 amide bonds. The van der Waals surface area contributed by atoms with Crippen molar-refractivity contribution in [1.29, 1.82) is 0 Å². The Morgan fingerprint density at radius 3 is 2.67 bits per heavy atom. The van der Waals surface area contributed by atoms with E-state index in [0.29, 0.717) is 5.75 Å². The minimum Gasteiger partial charge on any atom is -0.496 e. The van der Waals surface area contributed by atoms with Gasteiger partial charge in [0.15, 0.2) is 5.78 Å². The Labute approximate surface area is 124 Å². The van der Waals surface area contributed by atoms with Gasteiger partial charge in [0.25, 0.3) is 0 Å². The van der Waals surface area contributed by atoms with Crippen LogP contribution in [0.3, 0.4) is 0 Å². The number of hydrogen-bond donors (Lipinski definition) is 0. The second kappa shape index (κ2) is 6.39. The number of ether oxygens (including phenoxy) is 1. The first-order chi connectivity index (χ1) is 10.0. The van der Waals surface area contributed by atoms with Crippen LogP contribution in [0.5, 0.6) is 5.75 Å². The average molecular weight is 287 g/mol. The van der Waals surface area contributed by atoms with E-state index in [1.165, 1.54) is 25.3 Å². The topological polar surface area (TPSA) is 29.5 Å². The molecule has 0 aromatic heterocycles. The van der Waals surface area contributed by atoms with Crippen molar-refractivity contribution in [3.63, 3.8) is 0 Å². The third kappa shape index (κ3) is 3.60. The Bertz CT molecular complexity index is 655. The summed E-state index contributed by atoms with van der Waals surface area (Å²) in [6.07, 6.45) is 0. The molecule has 3 nitrogen and oxygen atoms in total. The van der Waals surface area contributed by atoms with Gasteiger partial charge in [-0.25, -0.2) is 4.39 Å². The van der Waals surface area contributed by atoms with Crippen LogP contribution in [0.4, 0.5) is 10.1 Å². The number of nitrogens with zero attached hydrogens (tertiary/aromatic N) is 1. The highest BCUT2D eigenvalue weighted by molar-refractivity contribution is 6.01. The highest BCUT2D eigenvalue weighted by Gasteiger charge is 2.15. The number of carbonyl (C=O) groups is 1. The maximum Gasteiger partial charge on any atom is 0.185 e. The first-order valence-corrected chi connectivity index (χ1v) is 6.66. The van der Waals surface area contributed by atoms with Gasteiger partial charge in [0.1, 0.15) is 11.6 Å². The number of ketones is 1. The number of benzene rings is 2. The summed E-state index contributed by atoms with van der Waals surface area (Å²) in [6, 6.07) is 11.8. The van der Waals surface area contributed by atoms with Gasteiger partial charge in [0, 0.05) is 12.7 Å². The van der Waals surface area contributed by atoms with Gasteiger partial charge < -0.3 is 9.64 Å². The summed E-state index contributed by atoms with van der Waals surface area (Å²) in [6.45, 7) is 2.15. The number of methoxy groups -OCH3 is 1. The fraction of sp³-hybridized carbons (Fsp3) is 0.235. The van der Waals surface area contributed by atoms with E-state index < -0.39 is 5.82 Å². The van der Waals surface area contributed by atoms with Crippen LogP contribution in [-0.4, -0.2) is 26.5 Å². The predicted octanol–water partition coefficient (Wildman–Crippen LogP) is 3.46. The molecule has 0 radical (unpaired) electrons. The molecule has 4 heteroatoms. The zero-order valence-corrected chi connectivity index (χ0v) is 12.4. The Kier molecular flexibility index (Phi) is 4.58. The van der Waals surface area contributed by atoms with E-state index >= 15 is 0 Å². The summed E-state index contributed by atoms with van der Waals surface area (Å²) in [5.41, 5.74) is 2.32. The first-order valence-electron chi connectivity index (χ1n) is 6.66. The molecule has 2 aromatic carbocycles. The van der Waals surface area contributed by atoms with E-state index in [4.69, 9.17) is 4.74 Å². The lowest BCUT2D eigenvalue weighted by Gasteiger charge is -2.19. The molecule has 0 fully saturated rings. The number of anilines is 1. The van der Waals surface area contributed by atoms with Crippen LogP contribution < -0.4 is 9.64 Å². The molecule has 0 atom stereocenters. The van der Waals surface area contributed by atoms with E-state index in [9.17, 15) is 9.18 Å². The van der Waals surface area contributed by atoms with E-state index in [1.54, 1.807) is 0 Å². The summed E-state index contributed by atoms with van der Waals surface area (Å²) >= 11 is 0. The fourth-order valence-electron chi connectivity index (χ4n) is 2.16. The molecule has 2 aromatic rings. The summed E-state index contributed by atoms with van der Waals surface area (Å²) < 4.78 is 18.5. The van der Waals surface area contributed by atoms with Crippen molar-refractivity contribution < 1.29 is 13.9 Å². The van der Waals surface area contributed by atoms with Gasteiger partial charge in [-0.3, -0.25) is 4.79 Å². The summed E-state index contributed by atoms with van der Waals surface area (Å²) in [7, 11) is 3.30. The second-order valence-corrected chi connectivity index (χ2v) is 4.96. The van der Waals surface area contributed by atoms with Gasteiger partial charge in [0.05, 0.1) is 19.2 Å². The molecule has 0 aliphatic heterocycles. The van der Waals surface area contributed by atoms with Crippen LogP contribution in [-0.2, 0) is 0 Å². The minimum absolute atomic E-state index is 0.156. The van der Waals surface area contributed by atoms with Crippen molar-refractivity contribution in [3.05, 3.63) is 59.4 Å². The van der Waals surface area contributed by atoms with E-state index in [2.05, 4.69) is 0 Å². The molecule has 0 bridgehead atoms. The van der Waals surface area contributed by atoms with Gasteiger partial charge in [-0.15, -0.1) is 0 Å². The van der Waals surface area contributed by atoms with Gasteiger partial charge >= 0.3 is 0 Å². The van der Waals surface area contributed by atoms with Crippen LogP contribution in [0.15, 0.2) is 42.5 Å². The monoisotopic (exact) mass is 287 g/mol. The molecule has 110 valence electrons. The van der Waals surface area contributed by atoms with Gasteiger partial charge in [-0.1, -0.05) is 12.1 Å². The number of Topliss-reactive ketones (excluding diaryl/α,β-unsaturated/α-hetero) is 1. The van der Waals surface area contributed by atoms with Crippen LogP contribution in [0.25, 0.3) is 0 Å². The lowest BCUT2D eigenvalue weighted by molar-refractivity contribution is 0.0997. The van der Waals surface area contributed by atoms with Crippen LogP contribution >= 0.6 is 0 Å². The molecule has 0 saturated carbocycles. The Morgan fingerprint density at radius 1 is 1.24 bits per heavy atom. The maximum absolute atomic E-state index is 13.3. The summed E-state index contributed by atoms with van der Waals surface area (Å²) in [5, 5.41) is 0. The molecule has 0 unspecified atom stereocenters. The van der Waals surface area contributed by atoms with E-state index in [-0.39, 0.29) is 17.9 Å². The zero-order valence-electron chi connectivity index (χ0n) is 12.4. The third-order valence-corrected chi connectivity index (χ3v) is 3.29. The predicted molar refractivity (Wildman–Crippen MR) is 81.7 cm³/mol. The molecular weight excluding hydrogens is 269 g/mol. The number of hydrogen-bond acceptors (Lipinski definition) is 3. The Balaban J connectivity index is 2.20. The number of halogens is 1. The van der Waals surface area contributed by atoms with Crippen molar-refractivity contribution in [2.45, 2.75) is 6.92 Å². The molecule has 0 heterocycles. The number of aryl methyl sites for hydroxylation is 1. The van der Waals surface area contributed by atoms with Crippen molar-refractivity contribution in [3.8, 4) is 5.75 Å². The largest absolute Gasteiger partial charge is 0.496 e. The van der Waals surface area contributed by atoms with Gasteiger partial charge in [-0.2, -0.15) is 0 Å². The van der Waals surface area contributed by atoms with E-state index in [0.717, 1.165) is 11.3 Å². The molecule has 2 rings (SSSR count). The second-order valence-electron chi connectivity index (χ2n) is 4.96. The maximum atomic E-state index is 13.3. The fourth-order valence-corrected chi connectivity index (χ4v) is 2.16. The lowest BCUT2D eigenvalue weighted by atomic mass is 10.1. The highest BCUT2D eigenvalue weighted by atomic mass is 19.1. The van der Waals surface area contributed by atoms with Crippen molar-refractivity contribution in [2.75, 3.05) is 25.6 Å². The smallest absolute Gasteiger partial charge is 0.185 e. The molecule has 0 N–H and O–H groups in total. The first kappa shape index (κ1) is 15.0. The van der Waals surface area contributed by atoms with Crippen molar-refractivity contribution >= 4 is 11.5 Å². The average Bonchev–Trinajstić information content (AvgIpc) is 2.47. The SMILES string of the molecule is COc1ccc(F)cc1C(=O)CN(C)c1cccc(C)c1. The van der Waals surface area contributed by atoms with Gasteiger partial charge in [-0.05, 0) is 42.8 Å². The van der Waals surface area contributed by atoms with Crippen molar-refractivity contribution in [1.82, 2.24) is 0 Å². The highest BCUT2D eigenvalue weighted by Crippen LogP contribution is 2.21. The zero-order chi connectivity index (χ0) is 15.4. The third-order valence-electron chi connectivity index (χ3n) is 3.29. The quantitative estimate of drug-likeness (QED) is 0.789. The molecule has 21 heavy (non-hydrogen) atoms. The Hall–Kier alpha value is -2.36. The van der Waals surface area contributed by atoms with Crippen LogP contribution in [0, 0.1) is 12.7 Å². The molecule has 0 aliphatic carbocycles. The number of carbonyl (C=O) groups excluding carboxylic acids is 1. The molecule has 0 spiro atoms. The van der Waals surface area contributed by atoms with Crippen LogP contribution in [0.1, 0.15) is 15.9 Å². The molecular formula is C17H18FNO2. The molecule has 0 aliphatic rings. The van der Waals surface area contributed by atoms with Gasteiger partial charge in [0.2, 0.25) is 0 Å². The number of likely N-dealkylation sites (N-methyl/N-ethyl adjacent to an activating group) is 1. The van der Waals surface area contributed by atoms with Crippen molar-refractivity contribution in [2.24, 2.45) is 0 Å². The summed E-state index contributed by atoms with van der Waals surface area (Å²) in [4.78, 5) is 14.2. The van der Waals surface area contributed by atoms with E-state index in [1.807, 2.05) is 43.1 Å². The Morgan fingerprint density at radius 2 is 2.00 bits per heavy atom. The normalized spacial score (nSPS) is 10.3. The number of rotatable bonds is 5. The standard InChI is InChI=1S/C17H18FNO2/c1-12-5-4-6-14(9-12)19(2)11-16(20)15-10-13(18)7-8-17(15)21-3/h4-10H,11H2,1-3H3. The summed E-state index contributed by atoms with van der Waals surface area (Å²) in [5.74, 6) is -0.244. The lowest BCUT2D eigenvalue weighted by Crippen LogP contribution is -2.26. The van der Waals surface area contributed by atoms with Crippen LogP contribution in [0.2, 0.25) is 0 Å². The molecule has 0 saturated heterocycles. The minimum atomic E-state index is -0.447.